The maximum absolute atomic E-state index is 13.4. The van der Waals surface area contributed by atoms with Gasteiger partial charge in [-0.1, -0.05) is 45.5 Å². The molecule has 0 spiro atoms. The van der Waals surface area contributed by atoms with Crippen LogP contribution < -0.4 is 9.64 Å². The van der Waals surface area contributed by atoms with Gasteiger partial charge >= 0.3 is 5.91 Å². The summed E-state index contributed by atoms with van der Waals surface area (Å²) in [5.41, 5.74) is 4.02. The Labute approximate surface area is 220 Å². The van der Waals surface area contributed by atoms with Gasteiger partial charge in [0.15, 0.2) is 5.13 Å². The Morgan fingerprint density at radius 1 is 1.11 bits per heavy atom. The number of benzene rings is 3. The molecule has 36 heavy (non-hydrogen) atoms. The molecule has 0 radical (unpaired) electrons. The summed E-state index contributed by atoms with van der Waals surface area (Å²) in [7, 11) is 0. The number of anilines is 1. The SMILES string of the molecule is Cc1ccc2nc(N3C(=O)C(=O)C(=C(O)c4ccc5c(c4)C[C@@H](C)O5)[C@H]3c3ccc(Br)cc3)sc2c1. The zero-order valence-electron chi connectivity index (χ0n) is 19.5. The highest BCUT2D eigenvalue weighted by Crippen LogP contribution is 2.45. The lowest BCUT2D eigenvalue weighted by Crippen LogP contribution is -2.29. The molecule has 4 aromatic rings. The van der Waals surface area contributed by atoms with Gasteiger partial charge < -0.3 is 9.84 Å². The molecule has 0 unspecified atom stereocenters. The fourth-order valence-electron chi connectivity index (χ4n) is 4.84. The standard InChI is InChI=1S/C28H21BrN2O4S/c1-14-3-9-20-22(11-14)36-28(30-20)31-24(16-4-7-19(29)8-5-16)23(26(33)27(31)34)25(32)17-6-10-21-18(13-17)12-15(2)35-21/h3-11,13,15,24,32H,12H2,1-2H3/t15-,24-/m1/s1. The van der Waals surface area contributed by atoms with E-state index in [1.54, 1.807) is 12.1 Å². The molecule has 6 nitrogen and oxygen atoms in total. The van der Waals surface area contributed by atoms with Gasteiger partial charge in [0.1, 0.15) is 17.6 Å². The van der Waals surface area contributed by atoms with Gasteiger partial charge in [0.2, 0.25) is 0 Å². The lowest BCUT2D eigenvalue weighted by atomic mass is 9.94. The number of rotatable bonds is 3. The van der Waals surface area contributed by atoms with E-state index < -0.39 is 17.7 Å². The first kappa shape index (κ1) is 22.9. The minimum atomic E-state index is -0.816. The van der Waals surface area contributed by atoms with Crippen molar-refractivity contribution in [2.45, 2.75) is 32.4 Å². The number of aryl methyl sites for hydroxylation is 1. The largest absolute Gasteiger partial charge is 0.507 e. The second-order valence-electron chi connectivity index (χ2n) is 9.14. The van der Waals surface area contributed by atoms with E-state index >= 15 is 0 Å². The third kappa shape index (κ3) is 3.72. The first-order chi connectivity index (χ1) is 17.3. The number of nitrogens with zero attached hydrogens (tertiary/aromatic N) is 2. The Hall–Kier alpha value is -3.49. The van der Waals surface area contributed by atoms with Crippen LogP contribution in [0.1, 0.15) is 35.2 Å². The number of carbonyl (C=O) groups is 2. The molecule has 1 aromatic heterocycles. The summed E-state index contributed by atoms with van der Waals surface area (Å²) in [6.45, 7) is 3.98. The molecule has 2 aliphatic rings. The summed E-state index contributed by atoms with van der Waals surface area (Å²) in [5, 5.41) is 11.9. The van der Waals surface area contributed by atoms with Gasteiger partial charge in [-0.25, -0.2) is 4.98 Å². The molecule has 2 aliphatic heterocycles. The van der Waals surface area contributed by atoms with Gasteiger partial charge in [0, 0.05) is 16.5 Å². The van der Waals surface area contributed by atoms with Crippen LogP contribution in [0.4, 0.5) is 5.13 Å². The van der Waals surface area contributed by atoms with Crippen molar-refractivity contribution in [3.8, 4) is 5.75 Å². The van der Waals surface area contributed by atoms with E-state index in [1.165, 1.54) is 16.2 Å². The summed E-state index contributed by atoms with van der Waals surface area (Å²) < 4.78 is 7.57. The Morgan fingerprint density at radius 2 is 1.89 bits per heavy atom. The number of amides is 1. The van der Waals surface area contributed by atoms with Crippen LogP contribution in [0.25, 0.3) is 16.0 Å². The third-order valence-electron chi connectivity index (χ3n) is 6.54. The Morgan fingerprint density at radius 3 is 2.67 bits per heavy atom. The highest BCUT2D eigenvalue weighted by Gasteiger charge is 2.48. The van der Waals surface area contributed by atoms with Crippen molar-refractivity contribution in [1.29, 1.82) is 0 Å². The zero-order chi connectivity index (χ0) is 25.1. The normalized spacial score (nSPS) is 20.7. The summed E-state index contributed by atoms with van der Waals surface area (Å²) in [6.07, 6.45) is 0.764. The van der Waals surface area contributed by atoms with Crippen LogP contribution in [0.15, 0.2) is 70.7 Å². The average Bonchev–Trinajstić information content (AvgIpc) is 3.51. The predicted octanol–water partition coefficient (Wildman–Crippen LogP) is 6.32. The van der Waals surface area contributed by atoms with Crippen LogP contribution in [0.3, 0.4) is 0 Å². The number of hydrogen-bond donors (Lipinski definition) is 1. The van der Waals surface area contributed by atoms with Crippen LogP contribution in [0.2, 0.25) is 0 Å². The van der Waals surface area contributed by atoms with Gasteiger partial charge in [-0.2, -0.15) is 0 Å². The monoisotopic (exact) mass is 560 g/mol. The molecule has 0 bridgehead atoms. The number of aliphatic hydroxyl groups is 1. The Balaban J connectivity index is 1.53. The van der Waals surface area contributed by atoms with E-state index in [4.69, 9.17) is 4.74 Å². The molecule has 3 heterocycles. The molecule has 1 N–H and O–H groups in total. The summed E-state index contributed by atoms with van der Waals surface area (Å²) in [5.74, 6) is -0.879. The maximum Gasteiger partial charge on any atom is 0.301 e. The van der Waals surface area contributed by atoms with E-state index in [9.17, 15) is 14.7 Å². The van der Waals surface area contributed by atoms with Crippen LogP contribution in [-0.2, 0) is 16.0 Å². The highest BCUT2D eigenvalue weighted by atomic mass is 79.9. The lowest BCUT2D eigenvalue weighted by Gasteiger charge is -2.23. The number of halogens is 1. The number of Topliss-reactive ketones (excluding diaryl/α,β-unsaturated/α-hetero) is 1. The molecule has 2 atom stereocenters. The van der Waals surface area contributed by atoms with Crippen molar-refractivity contribution >= 4 is 60.1 Å². The topological polar surface area (TPSA) is 79.7 Å². The van der Waals surface area contributed by atoms with Crippen molar-refractivity contribution in [3.63, 3.8) is 0 Å². The van der Waals surface area contributed by atoms with Crippen molar-refractivity contribution in [2.75, 3.05) is 4.90 Å². The molecule has 1 saturated heterocycles. The predicted molar refractivity (Wildman–Crippen MR) is 144 cm³/mol. The summed E-state index contributed by atoms with van der Waals surface area (Å²) >= 11 is 4.80. The smallest absolute Gasteiger partial charge is 0.301 e. The number of fused-ring (bicyclic) bond motifs is 2. The van der Waals surface area contributed by atoms with E-state index in [0.29, 0.717) is 22.7 Å². The third-order valence-corrected chi connectivity index (χ3v) is 8.08. The van der Waals surface area contributed by atoms with Crippen LogP contribution in [-0.4, -0.2) is 27.9 Å². The van der Waals surface area contributed by atoms with E-state index in [-0.39, 0.29) is 17.4 Å². The van der Waals surface area contributed by atoms with Gasteiger partial charge in [0.25, 0.3) is 5.78 Å². The quantitative estimate of drug-likeness (QED) is 0.180. The molecule has 6 rings (SSSR count). The van der Waals surface area contributed by atoms with Crippen molar-refractivity contribution in [1.82, 2.24) is 4.98 Å². The average molecular weight is 561 g/mol. The number of hydrogen-bond acceptors (Lipinski definition) is 6. The van der Waals surface area contributed by atoms with Gasteiger partial charge in [-0.3, -0.25) is 14.5 Å². The number of ether oxygens (including phenoxy) is 1. The lowest BCUT2D eigenvalue weighted by molar-refractivity contribution is -0.132. The molecular weight excluding hydrogens is 540 g/mol. The van der Waals surface area contributed by atoms with Crippen molar-refractivity contribution < 1.29 is 19.4 Å². The van der Waals surface area contributed by atoms with E-state index in [2.05, 4.69) is 20.9 Å². The molecule has 3 aromatic carbocycles. The molecule has 1 fully saturated rings. The summed E-state index contributed by atoms with van der Waals surface area (Å²) in [4.78, 5) is 33.0. The first-order valence-electron chi connectivity index (χ1n) is 11.5. The number of carbonyl (C=O) groups excluding carboxylic acids is 2. The fourth-order valence-corrected chi connectivity index (χ4v) is 6.19. The molecular formula is C28H21BrN2O4S. The number of thiazole rings is 1. The molecule has 0 aliphatic carbocycles. The number of aliphatic hydroxyl groups excluding tert-OH is 1. The van der Waals surface area contributed by atoms with Crippen molar-refractivity contribution in [3.05, 3.63) is 93.0 Å². The Bertz CT molecular complexity index is 1590. The van der Waals surface area contributed by atoms with Crippen LogP contribution >= 0.6 is 27.3 Å². The first-order valence-corrected chi connectivity index (χ1v) is 13.1. The van der Waals surface area contributed by atoms with Crippen LogP contribution in [0, 0.1) is 6.92 Å². The Kier molecular flexibility index (Phi) is 5.46. The number of aromatic nitrogens is 1. The number of ketones is 1. The fraction of sp³-hybridized carbons (Fsp3) is 0.179. The second-order valence-corrected chi connectivity index (χ2v) is 11.1. The molecule has 180 valence electrons. The minimum Gasteiger partial charge on any atom is -0.507 e. The van der Waals surface area contributed by atoms with Crippen molar-refractivity contribution in [2.24, 2.45) is 0 Å². The molecule has 0 saturated carbocycles. The van der Waals surface area contributed by atoms with E-state index in [1.807, 2.05) is 62.4 Å². The second kappa shape index (κ2) is 8.57. The van der Waals surface area contributed by atoms with Crippen LogP contribution in [0.5, 0.6) is 5.75 Å². The van der Waals surface area contributed by atoms with Gasteiger partial charge in [-0.05, 0) is 73.0 Å². The minimum absolute atomic E-state index is 0.0460. The maximum atomic E-state index is 13.4. The van der Waals surface area contributed by atoms with Gasteiger partial charge in [-0.15, -0.1) is 0 Å². The molecule has 8 heteroatoms. The zero-order valence-corrected chi connectivity index (χ0v) is 21.9. The summed E-state index contributed by atoms with van der Waals surface area (Å²) in [6, 6.07) is 17.8. The van der Waals surface area contributed by atoms with E-state index in [0.717, 1.165) is 31.6 Å². The highest BCUT2D eigenvalue weighted by molar-refractivity contribution is 9.10. The molecule has 1 amide bonds. The van der Waals surface area contributed by atoms with Gasteiger partial charge in [0.05, 0.1) is 21.8 Å².